The molecule has 1 saturated heterocycles. The Kier molecular flexibility index (Phi) is 5.41. The quantitative estimate of drug-likeness (QED) is 0.642. The van der Waals surface area contributed by atoms with Gasteiger partial charge in [0, 0.05) is 31.2 Å². The highest BCUT2D eigenvalue weighted by Gasteiger charge is 2.42. The molecule has 0 bridgehead atoms. The molecule has 1 aliphatic heterocycles. The normalized spacial score (nSPS) is 23.6. The van der Waals surface area contributed by atoms with Crippen molar-refractivity contribution >= 4 is 5.91 Å². The van der Waals surface area contributed by atoms with Gasteiger partial charge in [0.15, 0.2) is 0 Å². The fourth-order valence-corrected chi connectivity index (χ4v) is 2.64. The third-order valence-electron chi connectivity index (χ3n) is 4.52. The second-order valence-electron chi connectivity index (χ2n) is 6.65. The molecule has 2 fully saturated rings. The van der Waals surface area contributed by atoms with Gasteiger partial charge in [-0.2, -0.15) is 0 Å². The van der Waals surface area contributed by atoms with Gasteiger partial charge in [0.1, 0.15) is 0 Å². The average molecular weight is 284 g/mol. The summed E-state index contributed by atoms with van der Waals surface area (Å²) in [5.74, 6) is 0.313. The first-order chi connectivity index (χ1) is 9.56. The Labute approximate surface area is 121 Å². The van der Waals surface area contributed by atoms with Crippen LogP contribution in [0.4, 0.5) is 0 Å². The van der Waals surface area contributed by atoms with E-state index in [0.29, 0.717) is 12.6 Å². The van der Waals surface area contributed by atoms with Crippen molar-refractivity contribution in [3.05, 3.63) is 0 Å². The fraction of sp³-hybridized carbons (Fsp3) is 0.933. The Hall–Kier alpha value is -0.650. The molecule has 3 N–H and O–H groups in total. The van der Waals surface area contributed by atoms with Crippen molar-refractivity contribution in [2.75, 3.05) is 26.4 Å². The van der Waals surface area contributed by atoms with Crippen LogP contribution < -0.4 is 10.6 Å². The summed E-state index contributed by atoms with van der Waals surface area (Å²) in [5.41, 5.74) is -0.0319. The van der Waals surface area contributed by atoms with Crippen LogP contribution in [0.2, 0.25) is 0 Å². The van der Waals surface area contributed by atoms with Crippen LogP contribution in [0, 0.1) is 11.3 Å². The summed E-state index contributed by atoms with van der Waals surface area (Å²) >= 11 is 0. The van der Waals surface area contributed by atoms with E-state index in [2.05, 4.69) is 24.5 Å². The highest BCUT2D eigenvalue weighted by Crippen LogP contribution is 2.44. The van der Waals surface area contributed by atoms with E-state index < -0.39 is 0 Å². The Morgan fingerprint density at radius 1 is 1.35 bits per heavy atom. The largest absolute Gasteiger partial charge is 0.396 e. The topological polar surface area (TPSA) is 70.6 Å². The SMILES string of the molecule is CC(C)C(NC1CCOCC1)C(=O)NCC1(CO)CC1. The molecule has 1 atom stereocenters. The van der Waals surface area contributed by atoms with Gasteiger partial charge in [-0.1, -0.05) is 13.8 Å². The summed E-state index contributed by atoms with van der Waals surface area (Å²) in [7, 11) is 0. The summed E-state index contributed by atoms with van der Waals surface area (Å²) in [4.78, 5) is 12.4. The van der Waals surface area contributed by atoms with Gasteiger partial charge in [-0.25, -0.2) is 0 Å². The molecule has 2 aliphatic rings. The van der Waals surface area contributed by atoms with Crippen LogP contribution in [0.1, 0.15) is 39.5 Å². The number of amides is 1. The molecule has 1 saturated carbocycles. The van der Waals surface area contributed by atoms with Gasteiger partial charge in [-0.3, -0.25) is 4.79 Å². The molecule has 0 aromatic heterocycles. The zero-order valence-electron chi connectivity index (χ0n) is 12.7. The van der Waals surface area contributed by atoms with E-state index in [4.69, 9.17) is 4.74 Å². The standard InChI is InChI=1S/C15H28N2O3/c1-11(2)13(17-12-3-7-20-8-4-12)14(19)16-9-15(10-18)5-6-15/h11-13,17-18H,3-10H2,1-2H3,(H,16,19). The first-order valence-electron chi connectivity index (χ1n) is 7.79. The summed E-state index contributed by atoms with van der Waals surface area (Å²) in [6.45, 7) is 6.45. The van der Waals surface area contributed by atoms with Crippen molar-refractivity contribution in [1.29, 1.82) is 0 Å². The van der Waals surface area contributed by atoms with E-state index in [1.807, 2.05) is 0 Å². The number of hydrogen-bond acceptors (Lipinski definition) is 4. The van der Waals surface area contributed by atoms with Gasteiger partial charge in [0.2, 0.25) is 5.91 Å². The number of nitrogens with one attached hydrogen (secondary N) is 2. The molecule has 1 aliphatic carbocycles. The number of aliphatic hydroxyl groups is 1. The van der Waals surface area contributed by atoms with E-state index in [1.54, 1.807) is 0 Å². The molecule has 1 heterocycles. The maximum absolute atomic E-state index is 12.4. The first-order valence-corrected chi connectivity index (χ1v) is 7.79. The highest BCUT2D eigenvalue weighted by molar-refractivity contribution is 5.82. The maximum Gasteiger partial charge on any atom is 0.237 e. The van der Waals surface area contributed by atoms with E-state index in [1.165, 1.54) is 0 Å². The van der Waals surface area contributed by atoms with Crippen molar-refractivity contribution in [1.82, 2.24) is 10.6 Å². The van der Waals surface area contributed by atoms with Crippen molar-refractivity contribution < 1.29 is 14.6 Å². The summed E-state index contributed by atoms with van der Waals surface area (Å²) in [6, 6.07) is 0.210. The predicted molar refractivity (Wildman–Crippen MR) is 77.4 cm³/mol. The van der Waals surface area contributed by atoms with E-state index in [-0.39, 0.29) is 29.9 Å². The van der Waals surface area contributed by atoms with Crippen molar-refractivity contribution in [3.63, 3.8) is 0 Å². The molecule has 1 unspecified atom stereocenters. The smallest absolute Gasteiger partial charge is 0.237 e. The molecule has 0 aromatic carbocycles. The maximum atomic E-state index is 12.4. The van der Waals surface area contributed by atoms with E-state index >= 15 is 0 Å². The third-order valence-corrected chi connectivity index (χ3v) is 4.52. The molecule has 5 heteroatoms. The molecule has 2 rings (SSSR count). The Bertz CT molecular complexity index is 323. The molecule has 0 aromatic rings. The van der Waals surface area contributed by atoms with Gasteiger partial charge >= 0.3 is 0 Å². The number of rotatable bonds is 7. The number of ether oxygens (including phenoxy) is 1. The number of carbonyl (C=O) groups is 1. The lowest BCUT2D eigenvalue weighted by Crippen LogP contribution is -2.53. The van der Waals surface area contributed by atoms with Gasteiger partial charge < -0.3 is 20.5 Å². The molecule has 0 spiro atoms. The van der Waals surface area contributed by atoms with Gasteiger partial charge in [0.25, 0.3) is 0 Å². The summed E-state index contributed by atoms with van der Waals surface area (Å²) < 4.78 is 5.35. The third kappa shape index (κ3) is 4.17. The van der Waals surface area contributed by atoms with Gasteiger partial charge in [-0.15, -0.1) is 0 Å². The number of hydrogen-bond donors (Lipinski definition) is 3. The van der Waals surface area contributed by atoms with Crippen LogP contribution in [-0.4, -0.2) is 49.5 Å². The zero-order valence-corrected chi connectivity index (χ0v) is 12.7. The minimum atomic E-state index is -0.160. The molecule has 20 heavy (non-hydrogen) atoms. The lowest BCUT2D eigenvalue weighted by molar-refractivity contribution is -0.125. The summed E-state index contributed by atoms with van der Waals surface area (Å²) in [6.07, 6.45) is 3.97. The molecular formula is C15H28N2O3. The van der Waals surface area contributed by atoms with Crippen molar-refractivity contribution in [3.8, 4) is 0 Å². The van der Waals surface area contributed by atoms with Crippen LogP contribution >= 0.6 is 0 Å². The van der Waals surface area contributed by atoms with E-state index in [0.717, 1.165) is 38.9 Å². The van der Waals surface area contributed by atoms with Crippen LogP contribution in [-0.2, 0) is 9.53 Å². The molecule has 1 amide bonds. The second-order valence-corrected chi connectivity index (χ2v) is 6.65. The van der Waals surface area contributed by atoms with Crippen molar-refractivity contribution in [2.45, 2.75) is 51.6 Å². The lowest BCUT2D eigenvalue weighted by atomic mass is 9.99. The van der Waals surface area contributed by atoms with Gasteiger partial charge in [0.05, 0.1) is 12.6 Å². The number of aliphatic hydroxyl groups excluding tert-OH is 1. The predicted octanol–water partition coefficient (Wildman–Crippen LogP) is 0.668. The minimum absolute atomic E-state index is 0.0319. The molecule has 116 valence electrons. The average Bonchev–Trinajstić information content (AvgIpc) is 3.24. The van der Waals surface area contributed by atoms with E-state index in [9.17, 15) is 9.90 Å². The minimum Gasteiger partial charge on any atom is -0.396 e. The summed E-state index contributed by atoms with van der Waals surface area (Å²) in [5, 5.41) is 15.8. The fourth-order valence-electron chi connectivity index (χ4n) is 2.64. The van der Waals surface area contributed by atoms with Crippen LogP contribution in [0.25, 0.3) is 0 Å². The first kappa shape index (κ1) is 15.7. The van der Waals surface area contributed by atoms with Crippen LogP contribution in [0.3, 0.4) is 0 Å². The van der Waals surface area contributed by atoms with Crippen LogP contribution in [0.5, 0.6) is 0 Å². The Balaban J connectivity index is 1.81. The second kappa shape index (κ2) is 6.87. The van der Waals surface area contributed by atoms with Crippen LogP contribution in [0.15, 0.2) is 0 Å². The Morgan fingerprint density at radius 2 is 2.00 bits per heavy atom. The Morgan fingerprint density at radius 3 is 2.50 bits per heavy atom. The number of carbonyl (C=O) groups excluding carboxylic acids is 1. The highest BCUT2D eigenvalue weighted by atomic mass is 16.5. The zero-order chi connectivity index (χ0) is 14.6. The molecule has 0 radical (unpaired) electrons. The molecule has 5 nitrogen and oxygen atoms in total. The lowest BCUT2D eigenvalue weighted by Gasteiger charge is -2.30. The van der Waals surface area contributed by atoms with Gasteiger partial charge in [-0.05, 0) is 31.6 Å². The molecular weight excluding hydrogens is 256 g/mol. The van der Waals surface area contributed by atoms with Crippen molar-refractivity contribution in [2.24, 2.45) is 11.3 Å². The monoisotopic (exact) mass is 284 g/mol.